The van der Waals surface area contributed by atoms with Gasteiger partial charge in [0.25, 0.3) is 0 Å². The van der Waals surface area contributed by atoms with E-state index in [1.165, 1.54) is 0 Å². The number of aliphatic hydroxyl groups excluding tert-OH is 1. The van der Waals surface area contributed by atoms with Crippen LogP contribution in [0.2, 0.25) is 0 Å². The molecule has 2 rings (SSSR count). The summed E-state index contributed by atoms with van der Waals surface area (Å²) in [6.45, 7) is 6.18. The van der Waals surface area contributed by atoms with E-state index in [1.807, 2.05) is 36.0 Å². The van der Waals surface area contributed by atoms with Crippen molar-refractivity contribution in [1.82, 2.24) is 9.78 Å². The van der Waals surface area contributed by atoms with Crippen molar-refractivity contribution >= 4 is 0 Å². The zero-order valence-corrected chi connectivity index (χ0v) is 11.1. The molecule has 4 nitrogen and oxygen atoms in total. The molecule has 0 saturated carbocycles. The summed E-state index contributed by atoms with van der Waals surface area (Å²) in [7, 11) is 0. The molecule has 1 N–H and O–H groups in total. The van der Waals surface area contributed by atoms with Crippen LogP contribution in [-0.4, -0.2) is 14.9 Å². The Balaban J connectivity index is 2.03. The third-order valence-corrected chi connectivity index (χ3v) is 2.95. The lowest BCUT2D eigenvalue weighted by Crippen LogP contribution is -2.05. The summed E-state index contributed by atoms with van der Waals surface area (Å²) in [6.07, 6.45) is 2.64. The van der Waals surface area contributed by atoms with Crippen molar-refractivity contribution in [3.63, 3.8) is 0 Å². The third-order valence-electron chi connectivity index (χ3n) is 2.95. The lowest BCUT2D eigenvalue weighted by atomic mass is 10.1. The molecule has 0 fully saturated rings. The lowest BCUT2D eigenvalue weighted by Gasteiger charge is -2.06. The number of aromatic nitrogens is 2. The fourth-order valence-corrected chi connectivity index (χ4v) is 1.84. The first-order valence-corrected chi connectivity index (χ1v) is 6.40. The first kappa shape index (κ1) is 12.9. The highest BCUT2D eigenvalue weighted by atomic mass is 16.4. The van der Waals surface area contributed by atoms with Gasteiger partial charge in [0.1, 0.15) is 17.6 Å². The molecule has 0 spiro atoms. The summed E-state index contributed by atoms with van der Waals surface area (Å²) in [5, 5.41) is 14.5. The highest BCUT2D eigenvalue weighted by molar-refractivity contribution is 5.12. The summed E-state index contributed by atoms with van der Waals surface area (Å²) < 4.78 is 7.43. The zero-order valence-electron chi connectivity index (χ0n) is 11.1. The number of aryl methyl sites for hydroxylation is 1. The van der Waals surface area contributed by atoms with Gasteiger partial charge >= 0.3 is 0 Å². The summed E-state index contributed by atoms with van der Waals surface area (Å²) in [4.78, 5) is 0. The normalized spacial score (nSPS) is 13.2. The van der Waals surface area contributed by atoms with Crippen molar-refractivity contribution in [2.45, 2.75) is 45.8 Å². The molecule has 2 aromatic rings. The molecule has 0 aromatic carbocycles. The van der Waals surface area contributed by atoms with Gasteiger partial charge in [-0.1, -0.05) is 6.92 Å². The first-order chi connectivity index (χ1) is 8.60. The van der Waals surface area contributed by atoms with E-state index in [1.54, 1.807) is 0 Å². The van der Waals surface area contributed by atoms with Crippen LogP contribution in [0.1, 0.15) is 50.1 Å². The molecule has 0 aliphatic rings. The SMILES string of the molecule is CCc1ccc(C(O)Cc2ccn(C(C)C)n2)o1. The smallest absolute Gasteiger partial charge is 0.133 e. The molecule has 1 unspecified atom stereocenters. The van der Waals surface area contributed by atoms with Crippen molar-refractivity contribution in [3.05, 3.63) is 41.6 Å². The van der Waals surface area contributed by atoms with Crippen LogP contribution in [0, 0.1) is 0 Å². The minimum Gasteiger partial charge on any atom is -0.463 e. The number of hydrogen-bond donors (Lipinski definition) is 1. The number of furan rings is 1. The van der Waals surface area contributed by atoms with Gasteiger partial charge in [-0.25, -0.2) is 0 Å². The molecule has 1 atom stereocenters. The van der Waals surface area contributed by atoms with Crippen molar-refractivity contribution < 1.29 is 9.52 Å². The van der Waals surface area contributed by atoms with Gasteiger partial charge < -0.3 is 9.52 Å². The molecule has 0 aliphatic heterocycles. The van der Waals surface area contributed by atoms with Gasteiger partial charge in [0.2, 0.25) is 0 Å². The lowest BCUT2D eigenvalue weighted by molar-refractivity contribution is 0.147. The van der Waals surface area contributed by atoms with Crippen molar-refractivity contribution in [3.8, 4) is 0 Å². The molecule has 0 aliphatic carbocycles. The third kappa shape index (κ3) is 2.82. The van der Waals surface area contributed by atoms with E-state index in [0.717, 1.165) is 17.9 Å². The van der Waals surface area contributed by atoms with E-state index >= 15 is 0 Å². The molecular weight excluding hydrogens is 228 g/mol. The van der Waals surface area contributed by atoms with Gasteiger partial charge in [-0.05, 0) is 32.0 Å². The van der Waals surface area contributed by atoms with Gasteiger partial charge in [0, 0.05) is 25.1 Å². The Hall–Kier alpha value is -1.55. The summed E-state index contributed by atoms with van der Waals surface area (Å²) in [5.41, 5.74) is 0.880. The Morgan fingerprint density at radius 2 is 2.11 bits per heavy atom. The van der Waals surface area contributed by atoms with E-state index in [-0.39, 0.29) is 0 Å². The maximum Gasteiger partial charge on any atom is 0.133 e. The minimum absolute atomic E-state index is 0.339. The average Bonchev–Trinajstić information content (AvgIpc) is 2.96. The monoisotopic (exact) mass is 248 g/mol. The van der Waals surface area contributed by atoms with E-state index in [2.05, 4.69) is 18.9 Å². The van der Waals surface area contributed by atoms with Crippen LogP contribution in [-0.2, 0) is 12.8 Å². The second kappa shape index (κ2) is 5.40. The van der Waals surface area contributed by atoms with Crippen LogP contribution in [0.3, 0.4) is 0 Å². The topological polar surface area (TPSA) is 51.2 Å². The molecule has 0 amide bonds. The summed E-state index contributed by atoms with van der Waals surface area (Å²) in [5.74, 6) is 1.52. The largest absolute Gasteiger partial charge is 0.463 e. The van der Waals surface area contributed by atoms with Gasteiger partial charge in [0.15, 0.2) is 0 Å². The van der Waals surface area contributed by atoms with Crippen LogP contribution in [0.4, 0.5) is 0 Å². The fourth-order valence-electron chi connectivity index (χ4n) is 1.84. The highest BCUT2D eigenvalue weighted by Gasteiger charge is 2.14. The van der Waals surface area contributed by atoms with Crippen LogP contribution < -0.4 is 0 Å². The van der Waals surface area contributed by atoms with Gasteiger partial charge in [-0.2, -0.15) is 5.10 Å². The minimum atomic E-state index is -0.624. The van der Waals surface area contributed by atoms with E-state index in [9.17, 15) is 5.11 Å². The molecule has 18 heavy (non-hydrogen) atoms. The predicted octanol–water partition coefficient (Wildman–Crippen LogP) is 2.90. The molecule has 4 heteroatoms. The van der Waals surface area contributed by atoms with Crippen LogP contribution in [0.5, 0.6) is 0 Å². The Morgan fingerprint density at radius 3 is 2.67 bits per heavy atom. The Labute approximate surface area is 107 Å². The Morgan fingerprint density at radius 1 is 1.33 bits per heavy atom. The molecule has 0 radical (unpaired) electrons. The van der Waals surface area contributed by atoms with Crippen molar-refractivity contribution in [2.75, 3.05) is 0 Å². The van der Waals surface area contributed by atoms with E-state index in [0.29, 0.717) is 18.2 Å². The van der Waals surface area contributed by atoms with E-state index < -0.39 is 6.10 Å². The highest BCUT2D eigenvalue weighted by Crippen LogP contribution is 2.20. The average molecular weight is 248 g/mol. The molecule has 2 aromatic heterocycles. The number of nitrogens with zero attached hydrogens (tertiary/aromatic N) is 2. The first-order valence-electron chi connectivity index (χ1n) is 6.40. The number of hydrogen-bond acceptors (Lipinski definition) is 3. The zero-order chi connectivity index (χ0) is 13.1. The maximum absolute atomic E-state index is 10.1. The van der Waals surface area contributed by atoms with Crippen LogP contribution in [0.25, 0.3) is 0 Å². The molecule has 0 saturated heterocycles. The second-order valence-electron chi connectivity index (χ2n) is 4.76. The van der Waals surface area contributed by atoms with Crippen molar-refractivity contribution in [1.29, 1.82) is 0 Å². The van der Waals surface area contributed by atoms with E-state index in [4.69, 9.17) is 4.42 Å². The number of rotatable bonds is 5. The summed E-state index contributed by atoms with van der Waals surface area (Å²) >= 11 is 0. The van der Waals surface area contributed by atoms with Gasteiger partial charge in [-0.15, -0.1) is 0 Å². The molecule has 2 heterocycles. The molecular formula is C14H20N2O2. The van der Waals surface area contributed by atoms with Crippen LogP contribution >= 0.6 is 0 Å². The quantitative estimate of drug-likeness (QED) is 0.885. The molecule has 0 bridgehead atoms. The number of aliphatic hydroxyl groups is 1. The Bertz CT molecular complexity index is 499. The molecule has 98 valence electrons. The maximum atomic E-state index is 10.1. The van der Waals surface area contributed by atoms with Crippen LogP contribution in [0.15, 0.2) is 28.8 Å². The van der Waals surface area contributed by atoms with Gasteiger partial charge in [-0.3, -0.25) is 4.68 Å². The fraction of sp³-hybridized carbons (Fsp3) is 0.500. The standard InChI is InChI=1S/C14H20N2O2/c1-4-12-5-6-14(18-12)13(17)9-11-7-8-16(15-11)10(2)3/h5-8,10,13,17H,4,9H2,1-3H3. The van der Waals surface area contributed by atoms with Gasteiger partial charge in [0.05, 0.1) is 5.69 Å². The Kier molecular flexibility index (Phi) is 3.87. The summed E-state index contributed by atoms with van der Waals surface area (Å²) in [6, 6.07) is 6.02. The second-order valence-corrected chi connectivity index (χ2v) is 4.76. The van der Waals surface area contributed by atoms with Crippen molar-refractivity contribution in [2.24, 2.45) is 0 Å². The predicted molar refractivity (Wildman–Crippen MR) is 69.4 cm³/mol.